The summed E-state index contributed by atoms with van der Waals surface area (Å²) in [5.74, 6) is 1.75. The number of aromatic nitrogens is 3. The predicted octanol–water partition coefficient (Wildman–Crippen LogP) is 1.78. The van der Waals surface area contributed by atoms with Gasteiger partial charge in [0, 0.05) is 45.3 Å². The fourth-order valence-corrected chi connectivity index (χ4v) is 4.26. The number of fused-ring (bicyclic) bond motifs is 1. The molecular weight excluding hydrogens is 316 g/mol. The van der Waals surface area contributed by atoms with Crippen LogP contribution in [0, 0.1) is 12.8 Å². The summed E-state index contributed by atoms with van der Waals surface area (Å²) in [7, 11) is 2.22. The smallest absolute Gasteiger partial charge is 0.263 e. The quantitative estimate of drug-likeness (QED) is 0.841. The lowest BCUT2D eigenvalue weighted by Crippen LogP contribution is -2.51. The van der Waals surface area contributed by atoms with Crippen LogP contribution in [0.2, 0.25) is 0 Å². The summed E-state index contributed by atoms with van der Waals surface area (Å²) in [4.78, 5) is 16.2. The minimum atomic E-state index is 0.593. The van der Waals surface area contributed by atoms with Crippen LogP contribution in [0.15, 0.2) is 10.9 Å². The lowest BCUT2D eigenvalue weighted by Gasteiger charge is -2.42. The van der Waals surface area contributed by atoms with E-state index in [9.17, 15) is 0 Å². The molecule has 0 radical (unpaired) electrons. The van der Waals surface area contributed by atoms with Crippen LogP contribution in [0.4, 0.5) is 5.82 Å². The maximum absolute atomic E-state index is 5.29. The molecule has 136 valence electrons. The van der Waals surface area contributed by atoms with Gasteiger partial charge in [-0.2, -0.15) is 4.98 Å². The summed E-state index contributed by atoms with van der Waals surface area (Å²) in [5, 5.41) is 5.01. The van der Waals surface area contributed by atoms with Crippen molar-refractivity contribution in [2.45, 2.75) is 32.7 Å². The molecule has 2 aliphatic rings. The maximum atomic E-state index is 5.29. The van der Waals surface area contributed by atoms with E-state index in [1.54, 1.807) is 6.33 Å². The Balaban J connectivity index is 1.42. The summed E-state index contributed by atoms with van der Waals surface area (Å²) < 4.78 is 5.29. The van der Waals surface area contributed by atoms with Crippen LogP contribution in [0.25, 0.3) is 11.1 Å². The normalized spacial score (nSPS) is 22.6. The fourth-order valence-electron chi connectivity index (χ4n) is 4.26. The van der Waals surface area contributed by atoms with Crippen LogP contribution in [-0.2, 0) is 0 Å². The first-order valence-corrected chi connectivity index (χ1v) is 9.38. The van der Waals surface area contributed by atoms with Gasteiger partial charge in [-0.15, -0.1) is 0 Å². The Kier molecular flexibility index (Phi) is 4.60. The van der Waals surface area contributed by atoms with Crippen molar-refractivity contribution in [1.29, 1.82) is 0 Å². The molecule has 0 aliphatic carbocycles. The van der Waals surface area contributed by atoms with E-state index in [-0.39, 0.29) is 0 Å². The van der Waals surface area contributed by atoms with E-state index < -0.39 is 0 Å². The second-order valence-corrected chi connectivity index (χ2v) is 7.55. The van der Waals surface area contributed by atoms with Crippen molar-refractivity contribution in [2.75, 3.05) is 51.2 Å². The van der Waals surface area contributed by atoms with Crippen LogP contribution in [0.5, 0.6) is 0 Å². The maximum Gasteiger partial charge on any atom is 0.263 e. The Morgan fingerprint density at radius 1 is 1.08 bits per heavy atom. The van der Waals surface area contributed by atoms with Crippen molar-refractivity contribution in [3.05, 3.63) is 12.0 Å². The first-order chi connectivity index (χ1) is 12.1. The van der Waals surface area contributed by atoms with Crippen LogP contribution in [0.1, 0.15) is 25.5 Å². The first kappa shape index (κ1) is 16.7. The highest BCUT2D eigenvalue weighted by Crippen LogP contribution is 2.31. The van der Waals surface area contributed by atoms with Crippen molar-refractivity contribution >= 4 is 16.9 Å². The number of rotatable bonds is 3. The zero-order valence-corrected chi connectivity index (χ0v) is 15.5. The molecule has 7 nitrogen and oxygen atoms in total. The second-order valence-electron chi connectivity index (χ2n) is 7.55. The molecule has 0 bridgehead atoms. The van der Waals surface area contributed by atoms with E-state index in [1.165, 1.54) is 39.0 Å². The van der Waals surface area contributed by atoms with Gasteiger partial charge in [0.2, 0.25) is 0 Å². The Bertz CT molecular complexity index is 715. The Morgan fingerprint density at radius 2 is 1.80 bits per heavy atom. The van der Waals surface area contributed by atoms with Crippen molar-refractivity contribution in [2.24, 2.45) is 5.92 Å². The lowest BCUT2D eigenvalue weighted by atomic mass is 9.89. The number of aryl methyl sites for hydroxylation is 1. The highest BCUT2D eigenvalue weighted by atomic mass is 16.5. The SMILES string of the molecule is Cc1noc2ncnc(N3CCC(C(C)N4CCN(C)CC4)CC3)c12. The van der Waals surface area contributed by atoms with E-state index >= 15 is 0 Å². The molecule has 1 atom stereocenters. The summed E-state index contributed by atoms with van der Waals surface area (Å²) in [6.45, 7) is 11.2. The fraction of sp³-hybridized carbons (Fsp3) is 0.722. The third-order valence-corrected chi connectivity index (χ3v) is 6.06. The van der Waals surface area contributed by atoms with Crippen molar-refractivity contribution in [3.8, 4) is 0 Å². The number of hydrogen-bond donors (Lipinski definition) is 0. The van der Waals surface area contributed by atoms with Gasteiger partial charge in [0.15, 0.2) is 0 Å². The van der Waals surface area contributed by atoms with Crippen LogP contribution < -0.4 is 4.90 Å². The van der Waals surface area contributed by atoms with Gasteiger partial charge in [-0.1, -0.05) is 5.16 Å². The Hall–Kier alpha value is -1.73. The molecule has 0 amide bonds. The average Bonchev–Trinajstić information content (AvgIpc) is 3.03. The van der Waals surface area contributed by atoms with Gasteiger partial charge in [-0.3, -0.25) is 4.90 Å². The molecule has 0 spiro atoms. The van der Waals surface area contributed by atoms with E-state index in [1.807, 2.05) is 6.92 Å². The molecule has 0 N–H and O–H groups in total. The number of piperazine rings is 1. The number of nitrogens with zero attached hydrogens (tertiary/aromatic N) is 6. The molecule has 0 saturated carbocycles. The number of likely N-dealkylation sites (N-methyl/N-ethyl adjacent to an activating group) is 1. The molecule has 4 rings (SSSR count). The molecule has 2 aliphatic heterocycles. The lowest BCUT2D eigenvalue weighted by molar-refractivity contribution is 0.0813. The molecule has 7 heteroatoms. The highest BCUT2D eigenvalue weighted by molar-refractivity contribution is 5.87. The van der Waals surface area contributed by atoms with Gasteiger partial charge in [0.05, 0.1) is 5.69 Å². The number of piperidine rings is 1. The van der Waals surface area contributed by atoms with Crippen LogP contribution >= 0.6 is 0 Å². The summed E-state index contributed by atoms with van der Waals surface area (Å²) in [5.41, 5.74) is 1.47. The van der Waals surface area contributed by atoms with E-state index in [0.717, 1.165) is 35.9 Å². The molecule has 2 saturated heterocycles. The molecule has 2 aromatic rings. The van der Waals surface area contributed by atoms with Gasteiger partial charge < -0.3 is 14.3 Å². The predicted molar refractivity (Wildman–Crippen MR) is 97.8 cm³/mol. The number of anilines is 1. The molecule has 0 aromatic carbocycles. The molecule has 2 fully saturated rings. The Morgan fingerprint density at radius 3 is 2.52 bits per heavy atom. The standard InChI is InChI=1S/C18H28N6O/c1-13-16-17(19-12-20-18(16)25-21-13)24-6-4-15(5-7-24)14(2)23-10-8-22(3)9-11-23/h12,14-15H,4-11H2,1-3H3. The molecular formula is C18H28N6O. The van der Waals surface area contributed by atoms with Crippen LogP contribution in [0.3, 0.4) is 0 Å². The zero-order chi connectivity index (χ0) is 17.4. The Labute approximate surface area is 149 Å². The van der Waals surface area contributed by atoms with Gasteiger partial charge in [0.1, 0.15) is 17.5 Å². The monoisotopic (exact) mass is 344 g/mol. The van der Waals surface area contributed by atoms with E-state index in [0.29, 0.717) is 11.8 Å². The van der Waals surface area contributed by atoms with Crippen molar-refractivity contribution in [1.82, 2.24) is 24.9 Å². The second kappa shape index (κ2) is 6.88. The molecule has 4 heterocycles. The van der Waals surface area contributed by atoms with Gasteiger partial charge >= 0.3 is 0 Å². The topological polar surface area (TPSA) is 61.5 Å². The summed E-state index contributed by atoms with van der Waals surface area (Å²) in [6, 6.07) is 0.665. The molecule has 2 aromatic heterocycles. The van der Waals surface area contributed by atoms with E-state index in [4.69, 9.17) is 4.52 Å². The van der Waals surface area contributed by atoms with Gasteiger partial charge in [-0.25, -0.2) is 4.98 Å². The average molecular weight is 344 g/mol. The zero-order valence-electron chi connectivity index (χ0n) is 15.5. The van der Waals surface area contributed by atoms with E-state index in [2.05, 4.69) is 43.8 Å². The summed E-state index contributed by atoms with van der Waals surface area (Å²) in [6.07, 6.45) is 4.01. The third-order valence-electron chi connectivity index (χ3n) is 6.06. The third kappa shape index (κ3) is 3.22. The summed E-state index contributed by atoms with van der Waals surface area (Å²) >= 11 is 0. The van der Waals surface area contributed by atoms with Gasteiger partial charge in [-0.05, 0) is 39.7 Å². The first-order valence-electron chi connectivity index (χ1n) is 9.38. The van der Waals surface area contributed by atoms with Crippen LogP contribution in [-0.4, -0.2) is 77.3 Å². The molecule has 1 unspecified atom stereocenters. The van der Waals surface area contributed by atoms with Crippen molar-refractivity contribution < 1.29 is 4.52 Å². The molecule has 25 heavy (non-hydrogen) atoms. The van der Waals surface area contributed by atoms with Crippen molar-refractivity contribution in [3.63, 3.8) is 0 Å². The number of hydrogen-bond acceptors (Lipinski definition) is 7. The largest absolute Gasteiger partial charge is 0.356 e. The minimum absolute atomic E-state index is 0.593. The highest BCUT2D eigenvalue weighted by Gasteiger charge is 2.30. The van der Waals surface area contributed by atoms with Gasteiger partial charge in [0.25, 0.3) is 5.71 Å². The minimum Gasteiger partial charge on any atom is -0.356 e.